The normalized spacial score (nSPS) is 10.7. The highest BCUT2D eigenvalue weighted by molar-refractivity contribution is 6.31. The first-order valence-corrected chi connectivity index (χ1v) is 8.28. The molecule has 0 unspecified atom stereocenters. The summed E-state index contributed by atoms with van der Waals surface area (Å²) >= 11 is 6.10. The molecule has 0 saturated heterocycles. The third-order valence-electron chi connectivity index (χ3n) is 4.04. The van der Waals surface area contributed by atoms with Gasteiger partial charge in [0.05, 0.1) is 23.1 Å². The zero-order valence-corrected chi connectivity index (χ0v) is 14.6. The van der Waals surface area contributed by atoms with E-state index in [0.29, 0.717) is 28.4 Å². The molecule has 128 valence electrons. The van der Waals surface area contributed by atoms with Gasteiger partial charge in [-0.2, -0.15) is 5.10 Å². The number of anilines is 1. The predicted molar refractivity (Wildman–Crippen MR) is 97.0 cm³/mol. The minimum absolute atomic E-state index is 0.254. The van der Waals surface area contributed by atoms with E-state index in [1.165, 1.54) is 18.3 Å². The standard InChI is InChI=1S/C19H17ClFN3O/c1-3-18-15(11-22-24(18)14-9-7-13(21)8-10-14)19(25)23-17-6-4-5-16(20)12(17)2/h4-11H,3H2,1-2H3,(H,23,25). The molecule has 0 fully saturated rings. The second-order valence-corrected chi connectivity index (χ2v) is 6.02. The van der Waals surface area contributed by atoms with Crippen molar-refractivity contribution in [3.63, 3.8) is 0 Å². The van der Waals surface area contributed by atoms with Crippen LogP contribution in [0.4, 0.5) is 10.1 Å². The smallest absolute Gasteiger partial charge is 0.259 e. The molecule has 3 rings (SSSR count). The van der Waals surface area contributed by atoms with Gasteiger partial charge in [0, 0.05) is 10.7 Å². The van der Waals surface area contributed by atoms with Gasteiger partial charge in [-0.1, -0.05) is 24.6 Å². The summed E-state index contributed by atoms with van der Waals surface area (Å²) in [6.07, 6.45) is 2.13. The molecule has 1 heterocycles. The molecule has 2 aromatic carbocycles. The maximum absolute atomic E-state index is 13.1. The van der Waals surface area contributed by atoms with Crippen molar-refractivity contribution >= 4 is 23.2 Å². The predicted octanol–water partition coefficient (Wildman–Crippen LogP) is 4.79. The lowest BCUT2D eigenvalue weighted by Gasteiger charge is -2.11. The Morgan fingerprint density at radius 2 is 1.96 bits per heavy atom. The molecule has 3 aromatic rings. The summed E-state index contributed by atoms with van der Waals surface area (Å²) in [5.74, 6) is -0.570. The number of nitrogens with zero attached hydrogens (tertiary/aromatic N) is 2. The number of aromatic nitrogens is 2. The first kappa shape index (κ1) is 17.2. The van der Waals surface area contributed by atoms with E-state index >= 15 is 0 Å². The molecule has 0 saturated carbocycles. The van der Waals surface area contributed by atoms with Crippen molar-refractivity contribution in [1.29, 1.82) is 0 Å². The Labute approximate surface area is 150 Å². The first-order valence-electron chi connectivity index (χ1n) is 7.90. The summed E-state index contributed by atoms with van der Waals surface area (Å²) in [5, 5.41) is 7.77. The van der Waals surface area contributed by atoms with Crippen LogP contribution in [0.25, 0.3) is 5.69 Å². The average Bonchev–Trinajstić information content (AvgIpc) is 3.03. The lowest BCUT2D eigenvalue weighted by molar-refractivity contribution is 0.102. The summed E-state index contributed by atoms with van der Waals surface area (Å²) in [4.78, 5) is 12.7. The lowest BCUT2D eigenvalue weighted by Crippen LogP contribution is -2.15. The Bertz CT molecular complexity index is 919. The van der Waals surface area contributed by atoms with Crippen molar-refractivity contribution in [2.75, 3.05) is 5.32 Å². The molecule has 0 aliphatic heterocycles. The molecule has 1 amide bonds. The highest BCUT2D eigenvalue weighted by Crippen LogP contribution is 2.24. The number of hydrogen-bond donors (Lipinski definition) is 1. The number of rotatable bonds is 4. The molecule has 0 radical (unpaired) electrons. The maximum Gasteiger partial charge on any atom is 0.259 e. The third kappa shape index (κ3) is 3.42. The van der Waals surface area contributed by atoms with E-state index in [4.69, 9.17) is 11.6 Å². The molecule has 25 heavy (non-hydrogen) atoms. The van der Waals surface area contributed by atoms with Gasteiger partial charge in [0.2, 0.25) is 0 Å². The van der Waals surface area contributed by atoms with E-state index < -0.39 is 0 Å². The van der Waals surface area contributed by atoms with E-state index in [-0.39, 0.29) is 11.7 Å². The number of amides is 1. The molecule has 0 aliphatic rings. The largest absolute Gasteiger partial charge is 0.322 e. The van der Waals surface area contributed by atoms with E-state index in [0.717, 1.165) is 11.3 Å². The van der Waals surface area contributed by atoms with Crippen LogP contribution in [0.2, 0.25) is 5.02 Å². The van der Waals surface area contributed by atoms with Crippen molar-refractivity contribution in [1.82, 2.24) is 9.78 Å². The highest BCUT2D eigenvalue weighted by Gasteiger charge is 2.18. The van der Waals surface area contributed by atoms with Crippen LogP contribution < -0.4 is 5.32 Å². The molecule has 0 atom stereocenters. The van der Waals surface area contributed by atoms with Crippen LogP contribution >= 0.6 is 11.6 Å². The maximum atomic E-state index is 13.1. The van der Waals surface area contributed by atoms with Crippen LogP contribution in [0, 0.1) is 12.7 Å². The number of benzene rings is 2. The number of halogens is 2. The molecule has 0 aliphatic carbocycles. The monoisotopic (exact) mass is 357 g/mol. The summed E-state index contributed by atoms with van der Waals surface area (Å²) in [7, 11) is 0. The SMILES string of the molecule is CCc1c(C(=O)Nc2cccc(Cl)c2C)cnn1-c1ccc(F)cc1. The van der Waals surface area contributed by atoms with E-state index in [9.17, 15) is 9.18 Å². The fraction of sp³-hybridized carbons (Fsp3) is 0.158. The highest BCUT2D eigenvalue weighted by atomic mass is 35.5. The molecule has 0 spiro atoms. The Balaban J connectivity index is 1.93. The van der Waals surface area contributed by atoms with Crippen molar-refractivity contribution < 1.29 is 9.18 Å². The van der Waals surface area contributed by atoms with Crippen LogP contribution in [0.5, 0.6) is 0 Å². The minimum Gasteiger partial charge on any atom is -0.322 e. The van der Waals surface area contributed by atoms with Gasteiger partial charge in [0.1, 0.15) is 5.82 Å². The van der Waals surface area contributed by atoms with Crippen molar-refractivity contribution in [3.05, 3.63) is 76.3 Å². The zero-order chi connectivity index (χ0) is 18.0. The topological polar surface area (TPSA) is 46.9 Å². The summed E-state index contributed by atoms with van der Waals surface area (Å²) in [6.45, 7) is 3.79. The molecule has 4 nitrogen and oxygen atoms in total. The molecular formula is C19H17ClFN3O. The fourth-order valence-corrected chi connectivity index (χ4v) is 2.82. The van der Waals surface area contributed by atoms with Gasteiger partial charge in [-0.25, -0.2) is 9.07 Å². The lowest BCUT2D eigenvalue weighted by atomic mass is 10.1. The Morgan fingerprint density at radius 3 is 2.64 bits per heavy atom. The van der Waals surface area contributed by atoms with Crippen LogP contribution in [0.3, 0.4) is 0 Å². The average molecular weight is 358 g/mol. The van der Waals surface area contributed by atoms with Crippen LogP contribution in [-0.4, -0.2) is 15.7 Å². The van der Waals surface area contributed by atoms with Crippen molar-refractivity contribution in [2.24, 2.45) is 0 Å². The molecular weight excluding hydrogens is 341 g/mol. The van der Waals surface area contributed by atoms with E-state index in [1.54, 1.807) is 35.0 Å². The van der Waals surface area contributed by atoms with Crippen molar-refractivity contribution in [2.45, 2.75) is 20.3 Å². The summed E-state index contributed by atoms with van der Waals surface area (Å²) < 4.78 is 14.8. The quantitative estimate of drug-likeness (QED) is 0.729. The van der Waals surface area contributed by atoms with Gasteiger partial charge in [-0.3, -0.25) is 4.79 Å². The van der Waals surface area contributed by atoms with Crippen molar-refractivity contribution in [3.8, 4) is 5.69 Å². The van der Waals surface area contributed by atoms with Gasteiger partial charge < -0.3 is 5.32 Å². The van der Waals surface area contributed by atoms with Crippen LogP contribution in [0.15, 0.2) is 48.7 Å². The number of nitrogens with one attached hydrogen (secondary N) is 1. The Kier molecular flexibility index (Phi) is 4.86. The van der Waals surface area contributed by atoms with E-state index in [1.807, 2.05) is 13.8 Å². The van der Waals surface area contributed by atoms with Crippen LogP contribution in [-0.2, 0) is 6.42 Å². The Hall–Kier alpha value is -2.66. The third-order valence-corrected chi connectivity index (χ3v) is 4.44. The van der Waals surface area contributed by atoms with Crippen LogP contribution in [0.1, 0.15) is 28.5 Å². The summed E-state index contributed by atoms with van der Waals surface area (Å²) in [6, 6.07) is 11.4. The Morgan fingerprint density at radius 1 is 1.24 bits per heavy atom. The van der Waals surface area contributed by atoms with Gasteiger partial charge >= 0.3 is 0 Å². The zero-order valence-electron chi connectivity index (χ0n) is 13.9. The molecule has 1 N–H and O–H groups in total. The molecule has 0 bridgehead atoms. The number of carbonyl (C=O) groups excluding carboxylic acids is 1. The van der Waals surface area contributed by atoms with Gasteiger partial charge in [0.25, 0.3) is 5.91 Å². The second kappa shape index (κ2) is 7.07. The summed E-state index contributed by atoms with van der Waals surface area (Å²) in [5.41, 5.74) is 3.40. The van der Waals surface area contributed by atoms with Gasteiger partial charge in [-0.05, 0) is 55.3 Å². The van der Waals surface area contributed by atoms with Gasteiger partial charge in [0.15, 0.2) is 0 Å². The molecule has 1 aromatic heterocycles. The second-order valence-electron chi connectivity index (χ2n) is 5.61. The number of hydrogen-bond acceptors (Lipinski definition) is 2. The first-order chi connectivity index (χ1) is 12.0. The number of carbonyl (C=O) groups is 1. The van der Waals surface area contributed by atoms with E-state index in [2.05, 4.69) is 10.4 Å². The van der Waals surface area contributed by atoms with Gasteiger partial charge in [-0.15, -0.1) is 0 Å². The molecule has 6 heteroatoms. The fourth-order valence-electron chi connectivity index (χ4n) is 2.64. The minimum atomic E-state index is -0.316.